The van der Waals surface area contributed by atoms with Gasteiger partial charge >= 0.3 is 0 Å². The molecule has 1 atom stereocenters. The lowest BCUT2D eigenvalue weighted by atomic mass is 10.0. The zero-order chi connectivity index (χ0) is 12.7. The molecule has 1 unspecified atom stereocenters. The number of rotatable bonds is 7. The number of hydrogen-bond donors (Lipinski definition) is 2. The molecule has 1 aromatic rings. The quantitative estimate of drug-likeness (QED) is 0.763. The standard InChI is InChI=1S/C13H24N4/c1-5-14-13-15-9-8-12(17-13)16-11(4)7-6-10(2)3/h8-11H,5-7H2,1-4H3,(H2,14,15,16,17). The minimum Gasteiger partial charge on any atom is -0.367 e. The molecule has 96 valence electrons. The number of nitrogens with zero attached hydrogens (tertiary/aromatic N) is 2. The summed E-state index contributed by atoms with van der Waals surface area (Å²) in [5.74, 6) is 2.34. The topological polar surface area (TPSA) is 49.8 Å². The summed E-state index contributed by atoms with van der Waals surface area (Å²) < 4.78 is 0. The molecule has 0 aliphatic rings. The third-order valence-electron chi connectivity index (χ3n) is 2.56. The predicted molar refractivity (Wildman–Crippen MR) is 73.4 cm³/mol. The van der Waals surface area contributed by atoms with E-state index in [0.717, 1.165) is 24.7 Å². The van der Waals surface area contributed by atoms with Crippen LogP contribution in [0.25, 0.3) is 0 Å². The minimum absolute atomic E-state index is 0.446. The first-order chi connectivity index (χ1) is 8.11. The van der Waals surface area contributed by atoms with Gasteiger partial charge < -0.3 is 10.6 Å². The molecule has 1 aromatic heterocycles. The molecule has 0 aliphatic heterocycles. The van der Waals surface area contributed by atoms with Crippen molar-refractivity contribution in [2.45, 2.75) is 46.6 Å². The number of hydrogen-bond acceptors (Lipinski definition) is 4. The fraction of sp³-hybridized carbons (Fsp3) is 0.692. The maximum absolute atomic E-state index is 4.40. The van der Waals surface area contributed by atoms with Gasteiger partial charge in [0.1, 0.15) is 5.82 Å². The van der Waals surface area contributed by atoms with Gasteiger partial charge in [-0.05, 0) is 38.7 Å². The fourth-order valence-corrected chi connectivity index (χ4v) is 1.59. The van der Waals surface area contributed by atoms with Gasteiger partial charge in [0.05, 0.1) is 0 Å². The number of anilines is 2. The zero-order valence-electron chi connectivity index (χ0n) is 11.3. The highest BCUT2D eigenvalue weighted by Gasteiger charge is 2.05. The Balaban J connectivity index is 2.46. The van der Waals surface area contributed by atoms with Crippen LogP contribution in [0.1, 0.15) is 40.5 Å². The van der Waals surface area contributed by atoms with Gasteiger partial charge in [-0.1, -0.05) is 13.8 Å². The molecule has 0 aromatic carbocycles. The molecule has 0 saturated heterocycles. The molecule has 0 spiro atoms. The van der Waals surface area contributed by atoms with Crippen LogP contribution in [0.3, 0.4) is 0 Å². The molecule has 17 heavy (non-hydrogen) atoms. The van der Waals surface area contributed by atoms with E-state index in [2.05, 4.69) is 41.4 Å². The summed E-state index contributed by atoms with van der Waals surface area (Å²) in [6.07, 6.45) is 4.18. The Bertz CT molecular complexity index is 325. The maximum Gasteiger partial charge on any atom is 0.224 e. The van der Waals surface area contributed by atoms with Crippen molar-refractivity contribution in [3.05, 3.63) is 12.3 Å². The van der Waals surface area contributed by atoms with Crippen molar-refractivity contribution >= 4 is 11.8 Å². The van der Waals surface area contributed by atoms with Crippen molar-refractivity contribution < 1.29 is 0 Å². The van der Waals surface area contributed by atoms with Crippen LogP contribution in [0.15, 0.2) is 12.3 Å². The van der Waals surface area contributed by atoms with Gasteiger partial charge in [0.2, 0.25) is 5.95 Å². The first-order valence-corrected chi connectivity index (χ1v) is 6.45. The van der Waals surface area contributed by atoms with Gasteiger partial charge in [-0.15, -0.1) is 0 Å². The van der Waals surface area contributed by atoms with Crippen molar-refractivity contribution in [3.8, 4) is 0 Å². The smallest absolute Gasteiger partial charge is 0.224 e. The van der Waals surface area contributed by atoms with Gasteiger partial charge in [-0.2, -0.15) is 4.98 Å². The molecule has 2 N–H and O–H groups in total. The molecule has 0 radical (unpaired) electrons. The normalized spacial score (nSPS) is 12.5. The Labute approximate surface area is 104 Å². The molecule has 0 aliphatic carbocycles. The Morgan fingerprint density at radius 1 is 1.24 bits per heavy atom. The zero-order valence-corrected chi connectivity index (χ0v) is 11.3. The highest BCUT2D eigenvalue weighted by atomic mass is 15.1. The molecular weight excluding hydrogens is 212 g/mol. The van der Waals surface area contributed by atoms with Gasteiger partial charge in [0.15, 0.2) is 0 Å². The summed E-state index contributed by atoms with van der Waals surface area (Å²) in [5, 5.41) is 6.51. The van der Waals surface area contributed by atoms with E-state index in [1.807, 2.05) is 13.0 Å². The summed E-state index contributed by atoms with van der Waals surface area (Å²) in [6, 6.07) is 2.36. The lowest BCUT2D eigenvalue weighted by molar-refractivity contribution is 0.527. The largest absolute Gasteiger partial charge is 0.367 e. The van der Waals surface area contributed by atoms with Gasteiger partial charge in [-0.3, -0.25) is 0 Å². The summed E-state index contributed by atoms with van der Waals surface area (Å²) in [5.41, 5.74) is 0. The highest BCUT2D eigenvalue weighted by Crippen LogP contribution is 2.12. The van der Waals surface area contributed by atoms with E-state index >= 15 is 0 Å². The van der Waals surface area contributed by atoms with Gasteiger partial charge in [0, 0.05) is 18.8 Å². The Morgan fingerprint density at radius 2 is 2.00 bits per heavy atom. The fourth-order valence-electron chi connectivity index (χ4n) is 1.59. The second-order valence-electron chi connectivity index (χ2n) is 4.81. The van der Waals surface area contributed by atoms with Crippen molar-refractivity contribution in [1.29, 1.82) is 0 Å². The van der Waals surface area contributed by atoms with E-state index < -0.39 is 0 Å². The average Bonchev–Trinajstić information content (AvgIpc) is 2.27. The van der Waals surface area contributed by atoms with Crippen LogP contribution in [0, 0.1) is 5.92 Å². The van der Waals surface area contributed by atoms with Crippen LogP contribution in [0.5, 0.6) is 0 Å². The third kappa shape index (κ3) is 5.52. The van der Waals surface area contributed by atoms with Crippen LogP contribution in [-0.4, -0.2) is 22.6 Å². The second-order valence-corrected chi connectivity index (χ2v) is 4.81. The van der Waals surface area contributed by atoms with Crippen LogP contribution in [0.2, 0.25) is 0 Å². The second kappa shape index (κ2) is 7.09. The summed E-state index contributed by atoms with van der Waals surface area (Å²) in [4.78, 5) is 8.54. The molecule has 0 fully saturated rings. The first-order valence-electron chi connectivity index (χ1n) is 6.45. The lowest BCUT2D eigenvalue weighted by Gasteiger charge is -2.15. The first kappa shape index (κ1) is 13.7. The maximum atomic E-state index is 4.40. The predicted octanol–water partition coefficient (Wildman–Crippen LogP) is 3.15. The highest BCUT2D eigenvalue weighted by molar-refractivity contribution is 5.40. The van der Waals surface area contributed by atoms with Crippen molar-refractivity contribution in [1.82, 2.24) is 9.97 Å². The van der Waals surface area contributed by atoms with Crippen LogP contribution < -0.4 is 10.6 Å². The minimum atomic E-state index is 0.446. The monoisotopic (exact) mass is 236 g/mol. The van der Waals surface area contributed by atoms with Crippen molar-refractivity contribution in [2.24, 2.45) is 5.92 Å². The molecule has 4 nitrogen and oxygen atoms in total. The third-order valence-corrected chi connectivity index (χ3v) is 2.56. The number of nitrogens with one attached hydrogen (secondary N) is 2. The van der Waals surface area contributed by atoms with Gasteiger partial charge in [0.25, 0.3) is 0 Å². The molecule has 0 bridgehead atoms. The van der Waals surface area contributed by atoms with Crippen LogP contribution in [0.4, 0.5) is 11.8 Å². The molecule has 1 rings (SSSR count). The average molecular weight is 236 g/mol. The van der Waals surface area contributed by atoms with E-state index in [-0.39, 0.29) is 0 Å². The van der Waals surface area contributed by atoms with Crippen molar-refractivity contribution in [2.75, 3.05) is 17.2 Å². The molecule has 0 amide bonds. The molecule has 0 saturated carbocycles. The van der Waals surface area contributed by atoms with Gasteiger partial charge in [-0.25, -0.2) is 4.98 Å². The van der Waals surface area contributed by atoms with Crippen LogP contribution in [-0.2, 0) is 0 Å². The van der Waals surface area contributed by atoms with Crippen molar-refractivity contribution in [3.63, 3.8) is 0 Å². The number of aromatic nitrogens is 2. The van der Waals surface area contributed by atoms with E-state index in [4.69, 9.17) is 0 Å². The molecule has 1 heterocycles. The van der Waals surface area contributed by atoms with Crippen LogP contribution >= 0.6 is 0 Å². The lowest BCUT2D eigenvalue weighted by Crippen LogP contribution is -2.17. The SMILES string of the molecule is CCNc1nccc(NC(C)CCC(C)C)n1. The molecular formula is C13H24N4. The van der Waals surface area contributed by atoms with E-state index in [9.17, 15) is 0 Å². The Hall–Kier alpha value is -1.32. The summed E-state index contributed by atoms with van der Waals surface area (Å²) in [6.45, 7) is 9.57. The van der Waals surface area contributed by atoms with E-state index in [1.165, 1.54) is 6.42 Å². The Morgan fingerprint density at radius 3 is 2.65 bits per heavy atom. The Kier molecular flexibility index (Phi) is 5.73. The molecule has 4 heteroatoms. The summed E-state index contributed by atoms with van der Waals surface area (Å²) in [7, 11) is 0. The summed E-state index contributed by atoms with van der Waals surface area (Å²) >= 11 is 0. The van der Waals surface area contributed by atoms with E-state index in [0.29, 0.717) is 12.0 Å². The van der Waals surface area contributed by atoms with E-state index in [1.54, 1.807) is 6.20 Å².